The molecule has 0 amide bonds. The van der Waals surface area contributed by atoms with Gasteiger partial charge in [-0.2, -0.15) is 18.8 Å². The Morgan fingerprint density at radius 2 is 2.40 bits per heavy atom. The first kappa shape index (κ1) is 11.1. The maximum Gasteiger partial charge on any atom is 0 e. The Morgan fingerprint density at radius 3 is 2.90 bits per heavy atom. The molecule has 10 heavy (non-hydrogen) atoms. The third-order valence-corrected chi connectivity index (χ3v) is 1.80. The number of nitrogens with one attached hydrogen (secondary N) is 1. The monoisotopic (exact) mass is 214 g/mol. The van der Waals surface area contributed by atoms with Gasteiger partial charge in [-0.15, -0.1) is 6.42 Å². The molecule has 2 heteroatoms. The van der Waals surface area contributed by atoms with Crippen molar-refractivity contribution in [3.63, 3.8) is 0 Å². The van der Waals surface area contributed by atoms with Crippen molar-refractivity contribution in [2.75, 3.05) is 13.1 Å². The molecule has 0 spiro atoms. The minimum atomic E-state index is 0. The van der Waals surface area contributed by atoms with Crippen LogP contribution in [0.4, 0.5) is 0 Å². The summed E-state index contributed by atoms with van der Waals surface area (Å²) in [7, 11) is 0. The molecule has 1 rings (SSSR count). The van der Waals surface area contributed by atoms with Crippen molar-refractivity contribution in [2.24, 2.45) is 5.92 Å². The third kappa shape index (κ3) is 4.05. The Bertz CT molecular complexity index is 66.9. The summed E-state index contributed by atoms with van der Waals surface area (Å²) >= 11 is 0. The number of piperidine rings is 1. The fourth-order valence-corrected chi connectivity index (χ4v) is 1.27. The first-order valence-electron chi connectivity index (χ1n) is 3.77. The molecule has 1 nitrogen and oxygen atoms in total. The quantitative estimate of drug-likeness (QED) is 0.685. The minimum absolute atomic E-state index is 0. The Morgan fingerprint density at radius 1 is 1.60 bits per heavy atom. The van der Waals surface area contributed by atoms with Crippen molar-refractivity contribution in [2.45, 2.75) is 19.3 Å². The van der Waals surface area contributed by atoms with Gasteiger partial charge in [0.25, 0.3) is 0 Å². The zero-order valence-electron chi connectivity index (χ0n) is 6.47. The van der Waals surface area contributed by atoms with Crippen LogP contribution in [0.3, 0.4) is 0 Å². The standard InChI is InChI=1S/C8H15N.Y/c1-2-4-8-5-3-6-9-7-8;/h5,8-9H,1-4,6-7H2;/q-2;. The predicted octanol–water partition coefficient (Wildman–Crippen LogP) is 1.41. The molecule has 1 N–H and O–H groups in total. The SMILES string of the molecule is [CH2-]CCC1[CH-]CCNC1.[Y]. The van der Waals surface area contributed by atoms with Crippen LogP contribution in [0.25, 0.3) is 0 Å². The molecule has 0 bridgehead atoms. The van der Waals surface area contributed by atoms with E-state index < -0.39 is 0 Å². The predicted molar refractivity (Wildman–Crippen MR) is 39.9 cm³/mol. The van der Waals surface area contributed by atoms with Gasteiger partial charge in [-0.25, -0.2) is 0 Å². The zero-order chi connectivity index (χ0) is 6.53. The van der Waals surface area contributed by atoms with Crippen LogP contribution < -0.4 is 5.32 Å². The molecular weight excluding hydrogens is 199 g/mol. The van der Waals surface area contributed by atoms with E-state index in [0.717, 1.165) is 12.3 Å². The van der Waals surface area contributed by atoms with Gasteiger partial charge >= 0.3 is 0 Å². The van der Waals surface area contributed by atoms with E-state index in [4.69, 9.17) is 0 Å². The second-order valence-electron chi connectivity index (χ2n) is 2.63. The Labute approximate surface area is 89.2 Å². The van der Waals surface area contributed by atoms with Crippen LogP contribution in [0.15, 0.2) is 0 Å². The molecule has 0 saturated carbocycles. The minimum Gasteiger partial charge on any atom is -0.343 e. The number of rotatable bonds is 2. The van der Waals surface area contributed by atoms with E-state index >= 15 is 0 Å². The van der Waals surface area contributed by atoms with Crippen LogP contribution in [0.1, 0.15) is 19.3 Å². The van der Waals surface area contributed by atoms with E-state index in [1.165, 1.54) is 25.9 Å². The molecule has 1 fully saturated rings. The van der Waals surface area contributed by atoms with Crippen LogP contribution in [0.2, 0.25) is 0 Å². The molecule has 0 aromatic heterocycles. The Kier molecular flexibility index (Phi) is 7.47. The van der Waals surface area contributed by atoms with Gasteiger partial charge in [-0.05, 0) is 13.1 Å². The first-order valence-corrected chi connectivity index (χ1v) is 3.77. The number of hydrogen-bond donors (Lipinski definition) is 1. The van der Waals surface area contributed by atoms with Crippen LogP contribution in [-0.4, -0.2) is 13.1 Å². The zero-order valence-corrected chi connectivity index (χ0v) is 9.31. The third-order valence-electron chi connectivity index (χ3n) is 1.80. The first-order chi connectivity index (χ1) is 4.43. The van der Waals surface area contributed by atoms with Crippen LogP contribution in [0.5, 0.6) is 0 Å². The van der Waals surface area contributed by atoms with Crippen molar-refractivity contribution < 1.29 is 32.7 Å². The van der Waals surface area contributed by atoms with Crippen molar-refractivity contribution >= 4 is 0 Å². The second-order valence-corrected chi connectivity index (χ2v) is 2.63. The molecule has 1 unspecified atom stereocenters. The van der Waals surface area contributed by atoms with Crippen molar-refractivity contribution in [3.05, 3.63) is 13.3 Å². The largest absolute Gasteiger partial charge is 0.343 e. The summed E-state index contributed by atoms with van der Waals surface area (Å²) in [4.78, 5) is 0. The van der Waals surface area contributed by atoms with Crippen LogP contribution in [-0.2, 0) is 32.7 Å². The molecule has 0 aliphatic carbocycles. The van der Waals surface area contributed by atoms with E-state index in [1.54, 1.807) is 0 Å². The maximum absolute atomic E-state index is 3.83. The van der Waals surface area contributed by atoms with Gasteiger partial charge in [0.2, 0.25) is 0 Å². The maximum atomic E-state index is 3.83. The average molecular weight is 214 g/mol. The van der Waals surface area contributed by atoms with Crippen molar-refractivity contribution in [1.29, 1.82) is 0 Å². The van der Waals surface area contributed by atoms with E-state index in [2.05, 4.69) is 18.7 Å². The fraction of sp³-hybridized carbons (Fsp3) is 0.750. The molecule has 0 aromatic rings. The molecule has 1 atom stereocenters. The second kappa shape index (κ2) is 6.75. The topological polar surface area (TPSA) is 12.0 Å². The summed E-state index contributed by atoms with van der Waals surface area (Å²) in [5, 5.41) is 3.36. The van der Waals surface area contributed by atoms with Gasteiger partial charge in [0.1, 0.15) is 0 Å². The van der Waals surface area contributed by atoms with Gasteiger partial charge in [0.05, 0.1) is 0 Å². The summed E-state index contributed by atoms with van der Waals surface area (Å²) in [6.45, 7) is 6.18. The molecule has 57 valence electrons. The summed E-state index contributed by atoms with van der Waals surface area (Å²) in [6, 6.07) is 0. The van der Waals surface area contributed by atoms with Crippen LogP contribution >= 0.6 is 0 Å². The Hall–Kier alpha value is 1.06. The molecular formula is C8H15NY-2. The van der Waals surface area contributed by atoms with Gasteiger partial charge in [-0.1, -0.05) is 0 Å². The summed E-state index contributed by atoms with van der Waals surface area (Å²) in [6.07, 6.45) is 5.99. The van der Waals surface area contributed by atoms with Gasteiger partial charge < -0.3 is 18.7 Å². The normalized spacial score (nSPS) is 25.5. The summed E-state index contributed by atoms with van der Waals surface area (Å²) in [5.41, 5.74) is 0. The number of hydrogen-bond acceptors (Lipinski definition) is 1. The van der Waals surface area contributed by atoms with Crippen LogP contribution in [0, 0.1) is 19.3 Å². The summed E-state index contributed by atoms with van der Waals surface area (Å²) in [5.74, 6) is 0.802. The van der Waals surface area contributed by atoms with Crippen molar-refractivity contribution in [1.82, 2.24) is 5.32 Å². The van der Waals surface area contributed by atoms with Crippen molar-refractivity contribution in [3.8, 4) is 0 Å². The Balaban J connectivity index is 0.000000810. The molecule has 1 saturated heterocycles. The smallest absolute Gasteiger partial charge is 0 e. The van der Waals surface area contributed by atoms with E-state index in [1.807, 2.05) is 0 Å². The van der Waals surface area contributed by atoms with E-state index in [-0.39, 0.29) is 32.7 Å². The van der Waals surface area contributed by atoms with Gasteiger partial charge in [-0.3, -0.25) is 0 Å². The molecule has 0 aromatic carbocycles. The summed E-state index contributed by atoms with van der Waals surface area (Å²) < 4.78 is 0. The fourth-order valence-electron chi connectivity index (χ4n) is 1.27. The average Bonchev–Trinajstić information content (AvgIpc) is 1.91. The molecule has 1 aliphatic heterocycles. The van der Waals surface area contributed by atoms with Gasteiger partial charge in [0, 0.05) is 32.7 Å². The molecule has 1 radical (unpaired) electrons. The van der Waals surface area contributed by atoms with Gasteiger partial charge in [0.15, 0.2) is 0 Å². The molecule has 1 heterocycles. The van der Waals surface area contributed by atoms with E-state index in [9.17, 15) is 0 Å². The molecule has 1 aliphatic rings. The van der Waals surface area contributed by atoms with E-state index in [0.29, 0.717) is 0 Å².